The van der Waals surface area contributed by atoms with E-state index in [9.17, 15) is 4.79 Å². The molecule has 0 fully saturated rings. The molecule has 17 heavy (non-hydrogen) atoms. The van der Waals surface area contributed by atoms with Gasteiger partial charge in [-0.15, -0.1) is 0 Å². The van der Waals surface area contributed by atoms with Gasteiger partial charge in [-0.3, -0.25) is 4.79 Å². The molecule has 2 aromatic rings. The Morgan fingerprint density at radius 3 is 3.12 bits per heavy atom. The number of methoxy groups -OCH3 is 1. The summed E-state index contributed by atoms with van der Waals surface area (Å²) in [5.41, 5.74) is 1.66. The Labute approximate surface area is 100.0 Å². The van der Waals surface area contributed by atoms with Gasteiger partial charge in [-0.25, -0.2) is 0 Å². The second kappa shape index (κ2) is 5.50. The minimum absolute atomic E-state index is 0.0439. The number of hydrogen-bond donors (Lipinski definition) is 2. The van der Waals surface area contributed by atoms with E-state index in [4.69, 9.17) is 4.74 Å². The predicted octanol–water partition coefficient (Wildman–Crippen LogP) is 1.93. The predicted molar refractivity (Wildman–Crippen MR) is 67.1 cm³/mol. The zero-order valence-corrected chi connectivity index (χ0v) is 9.82. The van der Waals surface area contributed by atoms with Gasteiger partial charge in [0.15, 0.2) is 0 Å². The molecule has 0 saturated carbocycles. The Morgan fingerprint density at radius 1 is 1.41 bits per heavy atom. The highest BCUT2D eigenvalue weighted by Gasteiger charge is 2.05. The minimum atomic E-state index is -0.0439. The SMILES string of the molecule is COCCCNC(=O)c1ccc2cc[nH]c2c1. The lowest BCUT2D eigenvalue weighted by Crippen LogP contribution is -2.25. The third-order valence-corrected chi connectivity index (χ3v) is 2.63. The molecule has 90 valence electrons. The van der Waals surface area contributed by atoms with Gasteiger partial charge in [0.25, 0.3) is 5.91 Å². The van der Waals surface area contributed by atoms with Gasteiger partial charge in [-0.2, -0.15) is 0 Å². The zero-order valence-electron chi connectivity index (χ0n) is 9.82. The third kappa shape index (κ3) is 2.85. The van der Waals surface area contributed by atoms with E-state index in [0.29, 0.717) is 18.7 Å². The van der Waals surface area contributed by atoms with Crippen LogP contribution in [0.4, 0.5) is 0 Å². The third-order valence-electron chi connectivity index (χ3n) is 2.63. The number of ether oxygens (including phenoxy) is 1. The molecule has 0 spiro atoms. The number of amides is 1. The summed E-state index contributed by atoms with van der Waals surface area (Å²) in [5.74, 6) is -0.0439. The number of carbonyl (C=O) groups excluding carboxylic acids is 1. The van der Waals surface area contributed by atoms with E-state index in [1.807, 2.05) is 30.5 Å². The summed E-state index contributed by atoms with van der Waals surface area (Å²) in [6.45, 7) is 1.30. The first-order chi connectivity index (χ1) is 8.31. The van der Waals surface area contributed by atoms with Gasteiger partial charge in [0.2, 0.25) is 0 Å². The fraction of sp³-hybridized carbons (Fsp3) is 0.308. The maximum atomic E-state index is 11.8. The van der Waals surface area contributed by atoms with Crippen molar-refractivity contribution in [3.05, 3.63) is 36.0 Å². The largest absolute Gasteiger partial charge is 0.385 e. The number of hydrogen-bond acceptors (Lipinski definition) is 2. The lowest BCUT2D eigenvalue weighted by atomic mass is 10.1. The summed E-state index contributed by atoms with van der Waals surface area (Å²) in [5, 5.41) is 3.97. The Bertz CT molecular complexity index is 505. The highest BCUT2D eigenvalue weighted by atomic mass is 16.5. The van der Waals surface area contributed by atoms with E-state index in [-0.39, 0.29) is 5.91 Å². The molecule has 0 unspecified atom stereocenters. The molecular weight excluding hydrogens is 216 g/mol. The van der Waals surface area contributed by atoms with E-state index < -0.39 is 0 Å². The zero-order chi connectivity index (χ0) is 12.1. The number of rotatable bonds is 5. The molecule has 0 radical (unpaired) electrons. The first kappa shape index (κ1) is 11.7. The van der Waals surface area contributed by atoms with Crippen molar-refractivity contribution >= 4 is 16.8 Å². The fourth-order valence-corrected chi connectivity index (χ4v) is 1.71. The molecule has 4 nitrogen and oxygen atoms in total. The summed E-state index contributed by atoms with van der Waals surface area (Å²) in [6, 6.07) is 7.62. The number of H-pyrrole nitrogens is 1. The van der Waals surface area contributed by atoms with Crippen molar-refractivity contribution in [3.63, 3.8) is 0 Å². The van der Waals surface area contributed by atoms with E-state index >= 15 is 0 Å². The molecule has 0 atom stereocenters. The van der Waals surface area contributed by atoms with Crippen molar-refractivity contribution in [1.29, 1.82) is 0 Å². The van der Waals surface area contributed by atoms with Crippen molar-refractivity contribution in [2.75, 3.05) is 20.3 Å². The van der Waals surface area contributed by atoms with Crippen LogP contribution in [-0.2, 0) is 4.74 Å². The summed E-state index contributed by atoms with van der Waals surface area (Å²) < 4.78 is 4.92. The van der Waals surface area contributed by atoms with E-state index in [0.717, 1.165) is 17.3 Å². The molecule has 4 heteroatoms. The molecule has 0 saturated heterocycles. The first-order valence-electron chi connectivity index (χ1n) is 5.65. The summed E-state index contributed by atoms with van der Waals surface area (Å²) in [7, 11) is 1.65. The Balaban J connectivity index is 1.98. The number of nitrogens with one attached hydrogen (secondary N) is 2. The van der Waals surface area contributed by atoms with Gasteiger partial charge in [-0.1, -0.05) is 6.07 Å². The number of carbonyl (C=O) groups is 1. The van der Waals surface area contributed by atoms with Crippen LogP contribution < -0.4 is 5.32 Å². The molecule has 2 rings (SSSR count). The second-order valence-corrected chi connectivity index (χ2v) is 3.88. The van der Waals surface area contributed by atoms with Crippen LogP contribution in [0.25, 0.3) is 10.9 Å². The molecule has 1 heterocycles. The van der Waals surface area contributed by atoms with Crippen molar-refractivity contribution < 1.29 is 9.53 Å². The Morgan fingerprint density at radius 2 is 2.29 bits per heavy atom. The van der Waals surface area contributed by atoms with Gasteiger partial charge in [0.1, 0.15) is 0 Å². The van der Waals surface area contributed by atoms with Gasteiger partial charge < -0.3 is 15.0 Å². The molecule has 0 bridgehead atoms. The van der Waals surface area contributed by atoms with Crippen LogP contribution in [0.5, 0.6) is 0 Å². The first-order valence-corrected chi connectivity index (χ1v) is 5.65. The number of fused-ring (bicyclic) bond motifs is 1. The number of aromatic nitrogens is 1. The molecule has 1 aromatic carbocycles. The molecule has 0 aliphatic rings. The highest BCUT2D eigenvalue weighted by molar-refractivity contribution is 5.97. The Hall–Kier alpha value is -1.81. The maximum absolute atomic E-state index is 11.8. The molecule has 0 aliphatic carbocycles. The van der Waals surface area contributed by atoms with Crippen LogP contribution >= 0.6 is 0 Å². The molecule has 1 amide bonds. The van der Waals surface area contributed by atoms with Gasteiger partial charge >= 0.3 is 0 Å². The van der Waals surface area contributed by atoms with Crippen molar-refractivity contribution in [2.24, 2.45) is 0 Å². The van der Waals surface area contributed by atoms with Crippen LogP contribution in [0.15, 0.2) is 30.5 Å². The summed E-state index contributed by atoms with van der Waals surface area (Å²) >= 11 is 0. The number of aromatic amines is 1. The van der Waals surface area contributed by atoms with Crippen LogP contribution in [0, 0.1) is 0 Å². The number of benzene rings is 1. The molecular formula is C13H16N2O2. The van der Waals surface area contributed by atoms with Crippen LogP contribution in [-0.4, -0.2) is 31.2 Å². The summed E-state index contributed by atoms with van der Waals surface area (Å²) in [4.78, 5) is 14.9. The summed E-state index contributed by atoms with van der Waals surface area (Å²) in [6.07, 6.45) is 2.69. The normalized spacial score (nSPS) is 10.6. The molecule has 2 N–H and O–H groups in total. The maximum Gasteiger partial charge on any atom is 0.251 e. The van der Waals surface area contributed by atoms with E-state index in [1.165, 1.54) is 0 Å². The average Bonchev–Trinajstić information content (AvgIpc) is 2.81. The lowest BCUT2D eigenvalue weighted by Gasteiger charge is -2.04. The van der Waals surface area contributed by atoms with Crippen LogP contribution in [0.2, 0.25) is 0 Å². The van der Waals surface area contributed by atoms with Crippen molar-refractivity contribution in [3.8, 4) is 0 Å². The minimum Gasteiger partial charge on any atom is -0.385 e. The average molecular weight is 232 g/mol. The molecule has 0 aliphatic heterocycles. The fourth-order valence-electron chi connectivity index (χ4n) is 1.71. The second-order valence-electron chi connectivity index (χ2n) is 3.88. The van der Waals surface area contributed by atoms with E-state index in [1.54, 1.807) is 7.11 Å². The smallest absolute Gasteiger partial charge is 0.251 e. The van der Waals surface area contributed by atoms with Crippen LogP contribution in [0.1, 0.15) is 16.8 Å². The highest BCUT2D eigenvalue weighted by Crippen LogP contribution is 2.13. The van der Waals surface area contributed by atoms with Gasteiger partial charge in [0.05, 0.1) is 0 Å². The van der Waals surface area contributed by atoms with Gasteiger partial charge in [-0.05, 0) is 30.0 Å². The quantitative estimate of drug-likeness (QED) is 0.774. The monoisotopic (exact) mass is 232 g/mol. The van der Waals surface area contributed by atoms with Gasteiger partial charge in [0, 0.05) is 37.5 Å². The molecule has 1 aromatic heterocycles. The van der Waals surface area contributed by atoms with Crippen molar-refractivity contribution in [2.45, 2.75) is 6.42 Å². The topological polar surface area (TPSA) is 54.1 Å². The Kier molecular flexibility index (Phi) is 3.77. The van der Waals surface area contributed by atoms with Crippen molar-refractivity contribution in [1.82, 2.24) is 10.3 Å². The van der Waals surface area contributed by atoms with E-state index in [2.05, 4.69) is 10.3 Å². The standard InChI is InChI=1S/C13H16N2O2/c1-17-8-2-6-15-13(16)11-4-3-10-5-7-14-12(10)9-11/h3-5,7,9,14H,2,6,8H2,1H3,(H,15,16). The van der Waals surface area contributed by atoms with Crippen LogP contribution in [0.3, 0.4) is 0 Å². The lowest BCUT2D eigenvalue weighted by molar-refractivity contribution is 0.0948.